The van der Waals surface area contributed by atoms with Crippen molar-refractivity contribution in [3.05, 3.63) is 33.1 Å². The number of hydrogen-bond acceptors (Lipinski definition) is 15. The summed E-state index contributed by atoms with van der Waals surface area (Å²) in [7, 11) is -4.94. The van der Waals surface area contributed by atoms with E-state index in [0.717, 1.165) is 23.8 Å². The van der Waals surface area contributed by atoms with Crippen LogP contribution in [0.5, 0.6) is 0 Å². The van der Waals surface area contributed by atoms with Gasteiger partial charge in [-0.1, -0.05) is 0 Å². The lowest BCUT2D eigenvalue weighted by molar-refractivity contribution is -0.108. The number of rotatable bonds is 14. The van der Waals surface area contributed by atoms with E-state index >= 15 is 0 Å². The Morgan fingerprint density at radius 1 is 1.12 bits per heavy atom. The molecule has 0 saturated carbocycles. The van der Waals surface area contributed by atoms with Crippen LogP contribution >= 0.6 is 7.82 Å². The molecule has 17 nitrogen and oxygen atoms in total. The molecule has 1 aliphatic heterocycles. The third-order valence-electron chi connectivity index (χ3n) is 5.26. The molecule has 1 aliphatic rings. The summed E-state index contributed by atoms with van der Waals surface area (Å²) in [5, 5.41) is 21.8. The average Bonchev–Trinajstić information content (AvgIpc) is 3.06. The number of nitrogens with zero attached hydrogens (tertiary/aromatic N) is 1. The Bertz CT molecular complexity index is 1150. The second kappa shape index (κ2) is 14.9. The summed E-state index contributed by atoms with van der Waals surface area (Å²) in [6.07, 6.45) is -10.0. The Morgan fingerprint density at radius 3 is 2.12 bits per heavy atom. The molecule has 5 atom stereocenters. The Balaban J connectivity index is 2.28. The van der Waals surface area contributed by atoms with E-state index in [1.54, 1.807) is 0 Å². The topological polar surface area (TPSA) is 220 Å². The van der Waals surface area contributed by atoms with Crippen LogP contribution in [-0.2, 0) is 41.8 Å². The van der Waals surface area contributed by atoms with E-state index in [2.05, 4.69) is 9.47 Å². The quantitative estimate of drug-likeness (QED) is 0.153. The number of hydrogen-bond donors (Lipinski definition) is 3. The van der Waals surface area contributed by atoms with Gasteiger partial charge in [-0.05, 0) is 34.6 Å². The van der Waals surface area contributed by atoms with Gasteiger partial charge in [-0.2, -0.15) is 0 Å². The highest BCUT2D eigenvalue weighted by Gasteiger charge is 2.57. The van der Waals surface area contributed by atoms with Crippen molar-refractivity contribution >= 4 is 20.1 Å². The molecule has 0 bridgehead atoms. The zero-order valence-electron chi connectivity index (χ0n) is 22.9. The fourth-order valence-corrected chi connectivity index (χ4v) is 4.59. The fourth-order valence-electron chi connectivity index (χ4n) is 3.47. The number of nitrogens with one attached hydrogen (secondary N) is 1. The fraction of sp³-hybridized carbons (Fsp3) is 0.727. The summed E-state index contributed by atoms with van der Waals surface area (Å²) in [6, 6.07) is 0.959. The van der Waals surface area contributed by atoms with E-state index in [-0.39, 0.29) is 0 Å². The lowest BCUT2D eigenvalue weighted by Crippen LogP contribution is -2.48. The molecule has 41 heavy (non-hydrogen) atoms. The van der Waals surface area contributed by atoms with Crippen LogP contribution in [0.4, 0.5) is 14.0 Å². The van der Waals surface area contributed by atoms with Gasteiger partial charge in [0.2, 0.25) is 13.6 Å². The van der Waals surface area contributed by atoms with Crippen LogP contribution in [0, 0.1) is 0 Å². The molecule has 19 heteroatoms. The lowest BCUT2D eigenvalue weighted by Gasteiger charge is -2.29. The first kappa shape index (κ1) is 34.3. The average molecular weight is 616 g/mol. The van der Waals surface area contributed by atoms with Crippen LogP contribution in [0.25, 0.3) is 0 Å². The van der Waals surface area contributed by atoms with Crippen LogP contribution in [0.2, 0.25) is 0 Å². The summed E-state index contributed by atoms with van der Waals surface area (Å²) in [4.78, 5) is 49.0. The van der Waals surface area contributed by atoms with Crippen molar-refractivity contribution in [1.29, 1.82) is 0 Å². The van der Waals surface area contributed by atoms with Crippen LogP contribution in [0.3, 0.4) is 0 Å². The second-order valence-electron chi connectivity index (χ2n) is 9.33. The van der Waals surface area contributed by atoms with Gasteiger partial charge in [0.25, 0.3) is 5.56 Å². The molecule has 0 aromatic carbocycles. The third kappa shape index (κ3) is 9.88. The van der Waals surface area contributed by atoms with E-state index in [0.29, 0.717) is 0 Å². The largest absolute Gasteiger partial charge is 0.510 e. The molecule has 1 unspecified atom stereocenters. The highest BCUT2D eigenvalue weighted by atomic mass is 31.2. The molecule has 2 rings (SSSR count). The molecule has 0 radical (unpaired) electrons. The summed E-state index contributed by atoms with van der Waals surface area (Å²) in [5.74, 6) is 0. The molecule has 0 aliphatic carbocycles. The Labute approximate surface area is 233 Å². The van der Waals surface area contributed by atoms with E-state index in [4.69, 9.17) is 27.8 Å². The first-order valence-electron chi connectivity index (χ1n) is 12.3. The predicted molar refractivity (Wildman–Crippen MR) is 132 cm³/mol. The van der Waals surface area contributed by atoms with Crippen LogP contribution in [0.1, 0.15) is 47.3 Å². The minimum Gasteiger partial charge on any atom is -0.432 e. The zero-order chi connectivity index (χ0) is 31.0. The standard InChI is InChI=1S/C22H34FN2O15P/c1-12(2)37-20(29)33-10-35-41(32,36-11-34-21(30)38-13(3)4)40-14(6-8-23)16-17(27)22(5,31)18(39-16)25-9-7-15(26)24-19(25)28/h7,9,12-14,16-18,27,31H,6,8,10-11H2,1-5H3,(H,24,26,28)/t14?,16-,17-,18-,22-/m1/s1. The molecular weight excluding hydrogens is 582 g/mol. The summed E-state index contributed by atoms with van der Waals surface area (Å²) < 4.78 is 67.4. The Hall–Kier alpha value is -2.86. The minimum absolute atomic E-state index is 0.562. The maximum atomic E-state index is 13.6. The lowest BCUT2D eigenvalue weighted by atomic mass is 9.93. The van der Waals surface area contributed by atoms with Gasteiger partial charge in [-0.3, -0.25) is 23.3 Å². The summed E-state index contributed by atoms with van der Waals surface area (Å²) in [5.41, 5.74) is -3.95. The molecule has 0 spiro atoms. The molecular formula is C22H34FN2O15P. The number of aliphatic hydroxyl groups is 2. The van der Waals surface area contributed by atoms with Crippen LogP contribution in [-0.4, -0.2) is 88.5 Å². The number of carbonyl (C=O) groups is 2. The van der Waals surface area contributed by atoms with Gasteiger partial charge >= 0.3 is 25.8 Å². The number of halogens is 1. The maximum absolute atomic E-state index is 13.6. The number of phosphoric acid groups is 1. The van der Waals surface area contributed by atoms with Gasteiger partial charge in [0, 0.05) is 18.7 Å². The summed E-state index contributed by atoms with van der Waals surface area (Å²) >= 11 is 0. The number of alkyl halides is 1. The van der Waals surface area contributed by atoms with E-state index < -0.39 is 100 Å². The molecule has 3 N–H and O–H groups in total. The molecule has 2 heterocycles. The van der Waals surface area contributed by atoms with E-state index in [1.807, 2.05) is 4.98 Å². The minimum atomic E-state index is -4.94. The number of H-pyrrole nitrogens is 1. The maximum Gasteiger partial charge on any atom is 0.510 e. The number of carbonyl (C=O) groups excluding carboxylic acids is 2. The van der Waals surface area contributed by atoms with E-state index in [9.17, 15) is 38.3 Å². The van der Waals surface area contributed by atoms with Crippen molar-refractivity contribution in [2.24, 2.45) is 0 Å². The van der Waals surface area contributed by atoms with E-state index in [1.165, 1.54) is 27.7 Å². The number of aliphatic hydroxyl groups excluding tert-OH is 1. The number of aromatic amines is 1. The van der Waals surface area contributed by atoms with Gasteiger partial charge in [0.15, 0.2) is 6.23 Å². The van der Waals surface area contributed by atoms with Crippen LogP contribution in [0.15, 0.2) is 21.9 Å². The molecule has 1 aromatic rings. The summed E-state index contributed by atoms with van der Waals surface area (Å²) in [6.45, 7) is 3.97. The van der Waals surface area contributed by atoms with Crippen molar-refractivity contribution in [3.8, 4) is 0 Å². The van der Waals surface area contributed by atoms with Crippen molar-refractivity contribution in [1.82, 2.24) is 9.55 Å². The third-order valence-corrected chi connectivity index (χ3v) is 6.64. The molecule has 1 fully saturated rings. The van der Waals surface area contributed by atoms with Crippen molar-refractivity contribution < 1.29 is 66.0 Å². The molecule has 0 amide bonds. The second-order valence-corrected chi connectivity index (χ2v) is 10.9. The Kier molecular flexibility index (Phi) is 12.4. The van der Waals surface area contributed by atoms with Gasteiger partial charge in [0.05, 0.1) is 18.9 Å². The van der Waals surface area contributed by atoms with Crippen molar-refractivity contribution in [2.75, 3.05) is 20.3 Å². The Morgan fingerprint density at radius 2 is 1.66 bits per heavy atom. The highest BCUT2D eigenvalue weighted by Crippen LogP contribution is 2.53. The normalized spacial score (nSPS) is 23.4. The molecule has 1 saturated heterocycles. The van der Waals surface area contributed by atoms with Crippen molar-refractivity contribution in [3.63, 3.8) is 0 Å². The van der Waals surface area contributed by atoms with Crippen LogP contribution < -0.4 is 11.2 Å². The smallest absolute Gasteiger partial charge is 0.432 e. The first-order valence-corrected chi connectivity index (χ1v) is 13.7. The monoisotopic (exact) mass is 616 g/mol. The van der Waals surface area contributed by atoms with Gasteiger partial charge in [-0.15, -0.1) is 0 Å². The van der Waals surface area contributed by atoms with Crippen molar-refractivity contribution in [2.45, 2.75) is 83.4 Å². The zero-order valence-corrected chi connectivity index (χ0v) is 23.8. The number of aromatic nitrogens is 2. The van der Waals surface area contributed by atoms with Gasteiger partial charge in [-0.25, -0.2) is 28.0 Å². The SMILES string of the molecule is CC(C)OC(=O)OCOP(=O)(OCOC(=O)OC(C)C)OC(CCF)[C@H]1O[C@@H](n2ccc(=O)[nH]c2=O)[C@](C)(O)[C@@H]1O. The number of phosphoric ester groups is 1. The van der Waals surface area contributed by atoms with Gasteiger partial charge < -0.3 is 33.9 Å². The number of ether oxygens (including phenoxy) is 5. The predicted octanol–water partition coefficient (Wildman–Crippen LogP) is 1.47. The first-order chi connectivity index (χ1) is 19.1. The highest BCUT2D eigenvalue weighted by molar-refractivity contribution is 7.48. The van der Waals surface area contributed by atoms with Gasteiger partial charge in [0.1, 0.15) is 23.9 Å². The molecule has 1 aromatic heterocycles. The molecule has 234 valence electrons.